The van der Waals surface area contributed by atoms with Crippen LogP contribution in [0.15, 0.2) is 5.38 Å². The highest BCUT2D eigenvalue weighted by atomic mass is 32.1. The van der Waals surface area contributed by atoms with Crippen molar-refractivity contribution < 1.29 is 5.11 Å². The van der Waals surface area contributed by atoms with E-state index >= 15 is 0 Å². The standard InChI is InChI=1S/C11H18N2OS/c1-2-8-7-15-11(12-8)13-9-5-3-4-6-10(9)14/h7,9-10,14H,2-6H2,1H3,(H,12,13). The van der Waals surface area contributed by atoms with Gasteiger partial charge in [0.25, 0.3) is 0 Å². The molecule has 1 aliphatic rings. The second-order valence-corrected chi connectivity index (χ2v) is 4.96. The highest BCUT2D eigenvalue weighted by Crippen LogP contribution is 2.24. The van der Waals surface area contributed by atoms with E-state index in [0.717, 1.165) is 36.5 Å². The van der Waals surface area contributed by atoms with Crippen molar-refractivity contribution in [2.24, 2.45) is 0 Å². The summed E-state index contributed by atoms with van der Waals surface area (Å²) in [5.41, 5.74) is 1.13. The molecule has 2 rings (SSSR count). The fourth-order valence-corrected chi connectivity index (χ4v) is 2.83. The van der Waals surface area contributed by atoms with Crippen LogP contribution in [0.2, 0.25) is 0 Å². The lowest BCUT2D eigenvalue weighted by Gasteiger charge is -2.28. The molecule has 1 aliphatic carbocycles. The first-order chi connectivity index (χ1) is 7.29. The van der Waals surface area contributed by atoms with Gasteiger partial charge in [0, 0.05) is 5.38 Å². The molecule has 3 nitrogen and oxygen atoms in total. The van der Waals surface area contributed by atoms with Crippen LogP contribution in [0.25, 0.3) is 0 Å². The second-order valence-electron chi connectivity index (χ2n) is 4.10. The average Bonchev–Trinajstić information content (AvgIpc) is 2.69. The summed E-state index contributed by atoms with van der Waals surface area (Å²) in [4.78, 5) is 4.45. The molecule has 1 saturated carbocycles. The predicted molar refractivity (Wildman–Crippen MR) is 63.4 cm³/mol. The fourth-order valence-electron chi connectivity index (χ4n) is 1.97. The van der Waals surface area contributed by atoms with Gasteiger partial charge in [-0.15, -0.1) is 11.3 Å². The number of rotatable bonds is 3. The van der Waals surface area contributed by atoms with E-state index < -0.39 is 0 Å². The topological polar surface area (TPSA) is 45.1 Å². The van der Waals surface area contributed by atoms with Crippen molar-refractivity contribution in [1.29, 1.82) is 0 Å². The zero-order valence-electron chi connectivity index (χ0n) is 9.07. The third-order valence-electron chi connectivity index (χ3n) is 2.95. The van der Waals surface area contributed by atoms with E-state index in [4.69, 9.17) is 0 Å². The van der Waals surface area contributed by atoms with Crippen molar-refractivity contribution in [3.05, 3.63) is 11.1 Å². The van der Waals surface area contributed by atoms with Crippen molar-refractivity contribution in [2.75, 3.05) is 5.32 Å². The first-order valence-corrected chi connectivity index (χ1v) is 6.56. The molecule has 2 N–H and O–H groups in total. The van der Waals surface area contributed by atoms with Gasteiger partial charge in [0.15, 0.2) is 5.13 Å². The molecule has 0 bridgehead atoms. The number of anilines is 1. The Morgan fingerprint density at radius 1 is 1.53 bits per heavy atom. The molecule has 1 fully saturated rings. The molecule has 4 heteroatoms. The second kappa shape index (κ2) is 4.94. The molecule has 0 aliphatic heterocycles. The molecule has 0 saturated heterocycles. The van der Waals surface area contributed by atoms with Crippen molar-refractivity contribution in [1.82, 2.24) is 4.98 Å². The van der Waals surface area contributed by atoms with Crippen molar-refractivity contribution in [2.45, 2.75) is 51.2 Å². The third-order valence-corrected chi connectivity index (χ3v) is 3.77. The van der Waals surface area contributed by atoms with E-state index in [2.05, 4.69) is 22.6 Å². The lowest BCUT2D eigenvalue weighted by molar-refractivity contribution is 0.116. The van der Waals surface area contributed by atoms with Gasteiger partial charge in [0.1, 0.15) is 0 Å². The van der Waals surface area contributed by atoms with Gasteiger partial charge in [-0.1, -0.05) is 19.8 Å². The molecule has 2 atom stereocenters. The Balaban J connectivity index is 1.95. The van der Waals surface area contributed by atoms with Crippen LogP contribution in [0.1, 0.15) is 38.3 Å². The molecule has 2 unspecified atom stereocenters. The van der Waals surface area contributed by atoms with Crippen molar-refractivity contribution >= 4 is 16.5 Å². The summed E-state index contributed by atoms with van der Waals surface area (Å²) in [6.45, 7) is 2.11. The summed E-state index contributed by atoms with van der Waals surface area (Å²) in [5.74, 6) is 0. The number of aryl methyl sites for hydroxylation is 1. The molecule has 0 aromatic carbocycles. The lowest BCUT2D eigenvalue weighted by Crippen LogP contribution is -2.36. The van der Waals surface area contributed by atoms with Gasteiger partial charge in [-0.2, -0.15) is 0 Å². The van der Waals surface area contributed by atoms with Crippen LogP contribution in [0.3, 0.4) is 0 Å². The number of aliphatic hydroxyl groups is 1. The van der Waals surface area contributed by atoms with Crippen LogP contribution in [0, 0.1) is 0 Å². The molecule has 0 radical (unpaired) electrons. The van der Waals surface area contributed by atoms with Crippen LogP contribution < -0.4 is 5.32 Å². The number of nitrogens with one attached hydrogen (secondary N) is 1. The Kier molecular flexibility index (Phi) is 3.59. The number of nitrogens with zero attached hydrogens (tertiary/aromatic N) is 1. The minimum Gasteiger partial charge on any atom is -0.391 e. The fraction of sp³-hybridized carbons (Fsp3) is 0.727. The summed E-state index contributed by atoms with van der Waals surface area (Å²) < 4.78 is 0. The van der Waals surface area contributed by atoms with E-state index in [1.165, 1.54) is 6.42 Å². The van der Waals surface area contributed by atoms with Gasteiger partial charge < -0.3 is 10.4 Å². The molecule has 15 heavy (non-hydrogen) atoms. The minimum absolute atomic E-state index is 0.201. The smallest absolute Gasteiger partial charge is 0.183 e. The summed E-state index contributed by atoms with van der Waals surface area (Å²) in [6.07, 6.45) is 5.11. The quantitative estimate of drug-likeness (QED) is 0.832. The molecule has 0 spiro atoms. The minimum atomic E-state index is -0.201. The molecular formula is C11H18N2OS. The number of aliphatic hydroxyl groups excluding tert-OH is 1. The summed E-state index contributed by atoms with van der Waals surface area (Å²) in [6, 6.07) is 0.203. The van der Waals surface area contributed by atoms with Crippen LogP contribution >= 0.6 is 11.3 Å². The zero-order valence-corrected chi connectivity index (χ0v) is 9.89. The SMILES string of the molecule is CCc1csc(NC2CCCCC2O)n1. The normalized spacial score (nSPS) is 26.5. The van der Waals surface area contributed by atoms with Gasteiger partial charge in [-0.05, 0) is 19.3 Å². The predicted octanol–water partition coefficient (Wildman–Crippen LogP) is 2.42. The van der Waals surface area contributed by atoms with E-state index in [0.29, 0.717) is 0 Å². The van der Waals surface area contributed by atoms with Crippen molar-refractivity contribution in [3.8, 4) is 0 Å². The van der Waals surface area contributed by atoms with Gasteiger partial charge in [0.05, 0.1) is 17.8 Å². The molecule has 1 heterocycles. The maximum absolute atomic E-state index is 9.81. The zero-order chi connectivity index (χ0) is 10.7. The largest absolute Gasteiger partial charge is 0.391 e. The Labute approximate surface area is 94.5 Å². The van der Waals surface area contributed by atoms with E-state index in [9.17, 15) is 5.11 Å². The third kappa shape index (κ3) is 2.69. The maximum atomic E-state index is 9.81. The highest BCUT2D eigenvalue weighted by Gasteiger charge is 2.23. The van der Waals surface area contributed by atoms with E-state index in [1.807, 2.05) is 0 Å². The van der Waals surface area contributed by atoms with Gasteiger partial charge in [-0.3, -0.25) is 0 Å². The van der Waals surface area contributed by atoms with E-state index in [-0.39, 0.29) is 12.1 Å². The van der Waals surface area contributed by atoms with Crippen LogP contribution in [-0.4, -0.2) is 22.2 Å². The average molecular weight is 226 g/mol. The van der Waals surface area contributed by atoms with Crippen LogP contribution in [0.5, 0.6) is 0 Å². The first kappa shape index (κ1) is 10.9. The number of aromatic nitrogens is 1. The summed E-state index contributed by atoms with van der Waals surface area (Å²) in [7, 11) is 0. The lowest BCUT2D eigenvalue weighted by atomic mass is 9.93. The van der Waals surface area contributed by atoms with Crippen LogP contribution in [-0.2, 0) is 6.42 Å². The van der Waals surface area contributed by atoms with E-state index in [1.54, 1.807) is 11.3 Å². The van der Waals surface area contributed by atoms with Gasteiger partial charge in [-0.25, -0.2) is 4.98 Å². The molecule has 1 aromatic heterocycles. The first-order valence-electron chi connectivity index (χ1n) is 5.68. The summed E-state index contributed by atoms with van der Waals surface area (Å²) in [5, 5.41) is 16.2. The monoisotopic (exact) mass is 226 g/mol. The molecule has 1 aromatic rings. The molecule has 0 amide bonds. The van der Waals surface area contributed by atoms with Gasteiger partial charge in [0.2, 0.25) is 0 Å². The maximum Gasteiger partial charge on any atom is 0.183 e. The molecule has 84 valence electrons. The number of hydrogen-bond acceptors (Lipinski definition) is 4. The Morgan fingerprint density at radius 3 is 3.00 bits per heavy atom. The number of thiazole rings is 1. The Hall–Kier alpha value is -0.610. The Bertz CT molecular complexity index is 313. The van der Waals surface area contributed by atoms with Crippen LogP contribution in [0.4, 0.5) is 5.13 Å². The van der Waals surface area contributed by atoms with Crippen molar-refractivity contribution in [3.63, 3.8) is 0 Å². The van der Waals surface area contributed by atoms with Gasteiger partial charge >= 0.3 is 0 Å². The number of hydrogen-bond donors (Lipinski definition) is 2. The Morgan fingerprint density at radius 2 is 2.33 bits per heavy atom. The molecular weight excluding hydrogens is 208 g/mol. The highest BCUT2D eigenvalue weighted by molar-refractivity contribution is 7.13. The summed E-state index contributed by atoms with van der Waals surface area (Å²) >= 11 is 1.64.